The predicted octanol–water partition coefficient (Wildman–Crippen LogP) is 4.88. The van der Waals surface area contributed by atoms with Gasteiger partial charge >= 0.3 is 0 Å². The van der Waals surface area contributed by atoms with Crippen molar-refractivity contribution in [2.45, 2.75) is 45.7 Å². The van der Waals surface area contributed by atoms with Crippen LogP contribution in [-0.4, -0.2) is 36.4 Å². The summed E-state index contributed by atoms with van der Waals surface area (Å²) in [4.78, 5) is 27.7. The molecule has 2 amide bonds. The van der Waals surface area contributed by atoms with Gasteiger partial charge in [0.1, 0.15) is 11.8 Å². The first-order valence-corrected chi connectivity index (χ1v) is 10.8. The van der Waals surface area contributed by atoms with E-state index < -0.39 is 6.04 Å². The van der Waals surface area contributed by atoms with E-state index in [-0.39, 0.29) is 24.8 Å². The SMILES string of the molecule is CCCNC(=O)[C@@H](CC)N(Cc1c(Cl)cccc1Cl)C(=O)Cc1ccc(OC)cc1. The van der Waals surface area contributed by atoms with Crippen LogP contribution in [0, 0.1) is 0 Å². The molecular weight excluding hydrogens is 423 g/mol. The highest BCUT2D eigenvalue weighted by Crippen LogP contribution is 2.27. The Morgan fingerprint density at radius 3 is 2.23 bits per heavy atom. The van der Waals surface area contributed by atoms with Crippen molar-refractivity contribution in [1.29, 1.82) is 0 Å². The standard InChI is InChI=1S/C23H28Cl2N2O3/c1-4-13-26-23(29)21(5-2)27(15-18-19(24)7-6-8-20(18)25)22(28)14-16-9-11-17(30-3)12-10-16/h6-12,21H,4-5,13-15H2,1-3H3,(H,26,29)/t21-/m1/s1. The molecule has 2 aromatic rings. The van der Waals surface area contributed by atoms with E-state index in [1.165, 1.54) is 0 Å². The second-order valence-electron chi connectivity index (χ2n) is 6.96. The maximum atomic E-state index is 13.3. The number of hydrogen-bond donors (Lipinski definition) is 1. The molecule has 0 heterocycles. The fourth-order valence-corrected chi connectivity index (χ4v) is 3.68. The Kier molecular flexibility index (Phi) is 9.47. The van der Waals surface area contributed by atoms with E-state index in [0.29, 0.717) is 28.6 Å². The summed E-state index contributed by atoms with van der Waals surface area (Å²) in [6.07, 6.45) is 1.45. The third-order valence-electron chi connectivity index (χ3n) is 4.84. The molecule has 162 valence electrons. The van der Waals surface area contributed by atoms with Crippen molar-refractivity contribution in [1.82, 2.24) is 10.2 Å². The Hall–Kier alpha value is -2.24. The predicted molar refractivity (Wildman–Crippen MR) is 121 cm³/mol. The lowest BCUT2D eigenvalue weighted by atomic mass is 10.1. The molecule has 7 heteroatoms. The maximum Gasteiger partial charge on any atom is 0.242 e. The molecule has 2 aromatic carbocycles. The van der Waals surface area contributed by atoms with Crippen LogP contribution >= 0.6 is 23.2 Å². The molecule has 0 saturated carbocycles. The van der Waals surface area contributed by atoms with Crippen molar-refractivity contribution in [2.24, 2.45) is 0 Å². The smallest absolute Gasteiger partial charge is 0.242 e. The minimum Gasteiger partial charge on any atom is -0.497 e. The first kappa shape index (κ1) is 24.0. The molecule has 0 fully saturated rings. The number of nitrogens with one attached hydrogen (secondary N) is 1. The fraction of sp³-hybridized carbons (Fsp3) is 0.391. The summed E-state index contributed by atoms with van der Waals surface area (Å²) in [7, 11) is 1.59. The van der Waals surface area contributed by atoms with Crippen molar-refractivity contribution in [3.05, 3.63) is 63.6 Å². The molecule has 1 N–H and O–H groups in total. The lowest BCUT2D eigenvalue weighted by molar-refractivity contribution is -0.140. The molecule has 0 aliphatic rings. The van der Waals surface area contributed by atoms with E-state index >= 15 is 0 Å². The number of rotatable bonds is 10. The van der Waals surface area contributed by atoms with E-state index in [4.69, 9.17) is 27.9 Å². The van der Waals surface area contributed by atoms with E-state index in [1.54, 1.807) is 30.2 Å². The van der Waals surface area contributed by atoms with Gasteiger partial charge in [-0.2, -0.15) is 0 Å². The highest BCUT2D eigenvalue weighted by molar-refractivity contribution is 6.36. The quantitative estimate of drug-likeness (QED) is 0.560. The van der Waals surface area contributed by atoms with Crippen molar-refractivity contribution in [3.8, 4) is 5.75 Å². The minimum absolute atomic E-state index is 0.156. The van der Waals surface area contributed by atoms with Gasteiger partial charge in [-0.3, -0.25) is 9.59 Å². The number of methoxy groups -OCH3 is 1. The Bertz CT molecular complexity index is 836. The number of hydrogen-bond acceptors (Lipinski definition) is 3. The first-order chi connectivity index (χ1) is 14.4. The molecule has 1 atom stereocenters. The van der Waals surface area contributed by atoms with E-state index in [0.717, 1.165) is 17.7 Å². The number of amides is 2. The van der Waals surface area contributed by atoms with Gasteiger partial charge in [-0.25, -0.2) is 0 Å². The number of nitrogens with zero attached hydrogens (tertiary/aromatic N) is 1. The number of carbonyl (C=O) groups excluding carboxylic acids is 2. The van der Waals surface area contributed by atoms with Gasteiger partial charge < -0.3 is 15.0 Å². The van der Waals surface area contributed by atoms with Crippen LogP contribution in [0.2, 0.25) is 10.0 Å². The largest absolute Gasteiger partial charge is 0.497 e. The molecule has 0 aromatic heterocycles. The summed E-state index contributed by atoms with van der Waals surface area (Å²) < 4.78 is 5.17. The third-order valence-corrected chi connectivity index (χ3v) is 5.55. The zero-order chi connectivity index (χ0) is 22.1. The van der Waals surface area contributed by atoms with Crippen molar-refractivity contribution in [2.75, 3.05) is 13.7 Å². The molecule has 2 rings (SSSR count). The molecule has 0 unspecified atom stereocenters. The first-order valence-electron chi connectivity index (χ1n) is 10.0. The number of ether oxygens (including phenoxy) is 1. The fourth-order valence-electron chi connectivity index (χ4n) is 3.16. The summed E-state index contributed by atoms with van der Waals surface area (Å²) in [5, 5.41) is 3.83. The molecule has 0 bridgehead atoms. The molecule has 0 saturated heterocycles. The molecule has 0 aliphatic carbocycles. The molecule has 0 spiro atoms. The minimum atomic E-state index is -0.616. The molecule has 0 aliphatic heterocycles. The van der Waals surface area contributed by atoms with Gasteiger partial charge in [0.15, 0.2) is 0 Å². The summed E-state index contributed by atoms with van der Waals surface area (Å²) in [5.74, 6) is 0.372. The zero-order valence-corrected chi connectivity index (χ0v) is 19.1. The van der Waals surface area contributed by atoms with Crippen LogP contribution in [-0.2, 0) is 22.6 Å². The summed E-state index contributed by atoms with van der Waals surface area (Å²) in [6, 6.07) is 11.9. The van der Waals surface area contributed by atoms with E-state index in [1.807, 2.05) is 38.1 Å². The second-order valence-corrected chi connectivity index (χ2v) is 7.78. The number of benzene rings is 2. The van der Waals surface area contributed by atoms with Gasteiger partial charge in [0.25, 0.3) is 0 Å². The monoisotopic (exact) mass is 450 g/mol. The Morgan fingerprint density at radius 1 is 1.07 bits per heavy atom. The van der Waals surface area contributed by atoms with Crippen molar-refractivity contribution >= 4 is 35.0 Å². The van der Waals surface area contributed by atoms with Gasteiger partial charge in [-0.1, -0.05) is 55.2 Å². The van der Waals surface area contributed by atoms with Crippen LogP contribution in [0.4, 0.5) is 0 Å². The molecular formula is C23H28Cl2N2O3. The summed E-state index contributed by atoms with van der Waals surface area (Å²) in [5.41, 5.74) is 1.46. The highest BCUT2D eigenvalue weighted by Gasteiger charge is 2.29. The normalized spacial score (nSPS) is 11.6. The van der Waals surface area contributed by atoms with Crippen LogP contribution in [0.5, 0.6) is 5.75 Å². The van der Waals surface area contributed by atoms with E-state index in [2.05, 4.69) is 5.32 Å². The van der Waals surface area contributed by atoms with Crippen LogP contribution < -0.4 is 10.1 Å². The lowest BCUT2D eigenvalue weighted by Gasteiger charge is -2.31. The van der Waals surface area contributed by atoms with Crippen LogP contribution in [0.3, 0.4) is 0 Å². The average molecular weight is 451 g/mol. The second kappa shape index (κ2) is 11.8. The topological polar surface area (TPSA) is 58.6 Å². The Morgan fingerprint density at radius 2 is 1.70 bits per heavy atom. The Balaban J connectivity index is 2.32. The summed E-state index contributed by atoms with van der Waals surface area (Å²) in [6.45, 7) is 4.59. The summed E-state index contributed by atoms with van der Waals surface area (Å²) >= 11 is 12.7. The van der Waals surface area contributed by atoms with Crippen molar-refractivity contribution in [3.63, 3.8) is 0 Å². The van der Waals surface area contributed by atoms with Gasteiger partial charge in [0.2, 0.25) is 11.8 Å². The van der Waals surface area contributed by atoms with E-state index in [9.17, 15) is 9.59 Å². The van der Waals surface area contributed by atoms with Gasteiger partial charge in [0, 0.05) is 28.7 Å². The molecule has 5 nitrogen and oxygen atoms in total. The maximum absolute atomic E-state index is 13.3. The zero-order valence-electron chi connectivity index (χ0n) is 17.6. The van der Waals surface area contributed by atoms with Gasteiger partial charge in [0.05, 0.1) is 13.5 Å². The van der Waals surface area contributed by atoms with Crippen LogP contribution in [0.25, 0.3) is 0 Å². The number of halogens is 2. The Labute approximate surface area is 188 Å². The van der Waals surface area contributed by atoms with Gasteiger partial charge in [-0.05, 0) is 42.7 Å². The van der Waals surface area contributed by atoms with Crippen molar-refractivity contribution < 1.29 is 14.3 Å². The van der Waals surface area contributed by atoms with Crippen LogP contribution in [0.1, 0.15) is 37.8 Å². The molecule has 0 radical (unpaired) electrons. The van der Waals surface area contributed by atoms with Crippen LogP contribution in [0.15, 0.2) is 42.5 Å². The van der Waals surface area contributed by atoms with Gasteiger partial charge in [-0.15, -0.1) is 0 Å². The average Bonchev–Trinajstić information content (AvgIpc) is 2.74. The number of carbonyl (C=O) groups is 2. The molecule has 30 heavy (non-hydrogen) atoms. The third kappa shape index (κ3) is 6.38. The highest BCUT2D eigenvalue weighted by atomic mass is 35.5. The lowest BCUT2D eigenvalue weighted by Crippen LogP contribution is -2.49.